The summed E-state index contributed by atoms with van der Waals surface area (Å²) in [4.78, 5) is 0. The van der Waals surface area contributed by atoms with E-state index >= 15 is 0 Å². The minimum Gasteiger partial charge on any atom is -0.479 e. The SMILES string of the molecule is [CH2-][NH2+]CCc1cc(F)cc(F)c1. The van der Waals surface area contributed by atoms with Gasteiger partial charge >= 0.3 is 0 Å². The molecule has 66 valence electrons. The zero-order valence-corrected chi connectivity index (χ0v) is 6.69. The van der Waals surface area contributed by atoms with E-state index in [1.165, 1.54) is 12.1 Å². The molecule has 1 aromatic rings. The van der Waals surface area contributed by atoms with Crippen molar-refractivity contribution in [3.8, 4) is 0 Å². The number of halogens is 2. The summed E-state index contributed by atoms with van der Waals surface area (Å²) in [7, 11) is 3.53. The van der Waals surface area contributed by atoms with Crippen LogP contribution in [0.5, 0.6) is 0 Å². The molecule has 1 nitrogen and oxygen atoms in total. The van der Waals surface area contributed by atoms with E-state index in [2.05, 4.69) is 7.05 Å². The molecule has 0 bridgehead atoms. The Morgan fingerprint density at radius 1 is 1.17 bits per heavy atom. The van der Waals surface area contributed by atoms with Crippen LogP contribution in [0.15, 0.2) is 18.2 Å². The maximum absolute atomic E-state index is 12.6. The van der Waals surface area contributed by atoms with Crippen LogP contribution in [0.3, 0.4) is 0 Å². The lowest BCUT2D eigenvalue weighted by molar-refractivity contribution is -0.594. The minimum absolute atomic E-state index is 0.519. The fraction of sp³-hybridized carbons (Fsp3) is 0.222. The van der Waals surface area contributed by atoms with Crippen LogP contribution in [-0.4, -0.2) is 6.54 Å². The van der Waals surface area contributed by atoms with Gasteiger partial charge in [-0.2, -0.15) is 7.05 Å². The quantitative estimate of drug-likeness (QED) is 0.650. The fourth-order valence-corrected chi connectivity index (χ4v) is 1.02. The first-order valence-electron chi connectivity index (χ1n) is 3.78. The predicted molar refractivity (Wildman–Crippen MR) is 42.2 cm³/mol. The first kappa shape index (κ1) is 9.13. The third kappa shape index (κ3) is 2.58. The van der Waals surface area contributed by atoms with Crippen LogP contribution in [0.4, 0.5) is 8.78 Å². The van der Waals surface area contributed by atoms with Gasteiger partial charge in [0.25, 0.3) is 0 Å². The molecule has 1 aromatic carbocycles. The summed E-state index contributed by atoms with van der Waals surface area (Å²) in [5, 5.41) is 1.73. The van der Waals surface area contributed by atoms with Crippen molar-refractivity contribution in [1.29, 1.82) is 0 Å². The predicted octanol–water partition coefficient (Wildman–Crippen LogP) is 0.862. The van der Waals surface area contributed by atoms with Crippen molar-refractivity contribution < 1.29 is 14.1 Å². The molecule has 2 N–H and O–H groups in total. The number of hydrogen-bond acceptors (Lipinski definition) is 0. The molecule has 0 saturated heterocycles. The topological polar surface area (TPSA) is 16.6 Å². The van der Waals surface area contributed by atoms with Crippen LogP contribution in [-0.2, 0) is 6.42 Å². The van der Waals surface area contributed by atoms with Crippen molar-refractivity contribution in [1.82, 2.24) is 0 Å². The third-order valence-electron chi connectivity index (χ3n) is 1.56. The van der Waals surface area contributed by atoms with Crippen molar-refractivity contribution in [2.45, 2.75) is 6.42 Å². The molecule has 0 heterocycles. The van der Waals surface area contributed by atoms with E-state index in [4.69, 9.17) is 0 Å². The maximum Gasteiger partial charge on any atom is 0.126 e. The minimum atomic E-state index is -0.519. The van der Waals surface area contributed by atoms with E-state index in [9.17, 15) is 8.78 Å². The average Bonchev–Trinajstić information content (AvgIpc) is 1.99. The van der Waals surface area contributed by atoms with Crippen LogP contribution in [0.1, 0.15) is 5.56 Å². The Morgan fingerprint density at radius 2 is 1.75 bits per heavy atom. The molecule has 0 spiro atoms. The van der Waals surface area contributed by atoms with Gasteiger partial charge < -0.3 is 5.32 Å². The van der Waals surface area contributed by atoms with Crippen LogP contribution in [0.2, 0.25) is 0 Å². The summed E-state index contributed by atoms with van der Waals surface area (Å²) in [6, 6.07) is 3.55. The van der Waals surface area contributed by atoms with Gasteiger partial charge in [0.2, 0.25) is 0 Å². The number of rotatable bonds is 3. The van der Waals surface area contributed by atoms with E-state index in [0.29, 0.717) is 12.0 Å². The Balaban J connectivity index is 2.72. The lowest BCUT2D eigenvalue weighted by Gasteiger charge is -2.01. The highest BCUT2D eigenvalue weighted by Crippen LogP contribution is 2.07. The normalized spacial score (nSPS) is 10.2. The first-order valence-corrected chi connectivity index (χ1v) is 3.78. The summed E-state index contributed by atoms with van der Waals surface area (Å²) in [5.41, 5.74) is 0.674. The molecular formula is C9H11F2N. The molecule has 0 aliphatic carbocycles. The molecule has 1 rings (SSSR count). The Hall–Kier alpha value is -0.960. The second-order valence-corrected chi connectivity index (χ2v) is 2.61. The lowest BCUT2D eigenvalue weighted by atomic mass is 10.1. The average molecular weight is 171 g/mol. The highest BCUT2D eigenvalue weighted by Gasteiger charge is 1.99. The Labute approximate surface area is 70.4 Å². The Bertz CT molecular complexity index is 240. The van der Waals surface area contributed by atoms with Crippen LogP contribution >= 0.6 is 0 Å². The van der Waals surface area contributed by atoms with E-state index < -0.39 is 11.6 Å². The number of hydrogen-bond donors (Lipinski definition) is 1. The highest BCUT2D eigenvalue weighted by molar-refractivity contribution is 5.17. The summed E-state index contributed by atoms with van der Waals surface area (Å²) in [6.45, 7) is 0.739. The molecule has 0 aliphatic heterocycles. The van der Waals surface area contributed by atoms with Gasteiger partial charge in [-0.1, -0.05) is 0 Å². The van der Waals surface area contributed by atoms with Crippen LogP contribution in [0, 0.1) is 18.7 Å². The molecule has 0 unspecified atom stereocenters. The van der Waals surface area contributed by atoms with Gasteiger partial charge in [0, 0.05) is 12.5 Å². The van der Waals surface area contributed by atoms with E-state index in [1.54, 1.807) is 5.32 Å². The van der Waals surface area contributed by atoms with Gasteiger partial charge in [0.05, 0.1) is 6.54 Å². The number of benzene rings is 1. The fourth-order valence-electron chi connectivity index (χ4n) is 1.02. The molecule has 12 heavy (non-hydrogen) atoms. The molecule has 0 amide bonds. The molecule has 0 aromatic heterocycles. The largest absolute Gasteiger partial charge is 0.479 e. The maximum atomic E-state index is 12.6. The van der Waals surface area contributed by atoms with Gasteiger partial charge in [0.1, 0.15) is 11.6 Å². The molecular weight excluding hydrogens is 160 g/mol. The first-order chi connectivity index (χ1) is 5.72. The van der Waals surface area contributed by atoms with Gasteiger partial charge in [-0.25, -0.2) is 8.78 Å². The molecule has 0 saturated carbocycles. The molecule has 0 aliphatic rings. The summed E-state index contributed by atoms with van der Waals surface area (Å²) in [5.74, 6) is -1.04. The second kappa shape index (κ2) is 4.16. The van der Waals surface area contributed by atoms with Crippen molar-refractivity contribution in [2.24, 2.45) is 0 Å². The van der Waals surface area contributed by atoms with Crippen LogP contribution < -0.4 is 5.32 Å². The third-order valence-corrected chi connectivity index (χ3v) is 1.56. The van der Waals surface area contributed by atoms with Crippen molar-refractivity contribution in [3.05, 3.63) is 42.4 Å². The van der Waals surface area contributed by atoms with Gasteiger partial charge in [-0.05, 0) is 17.7 Å². The van der Waals surface area contributed by atoms with Gasteiger partial charge in [-0.3, -0.25) is 0 Å². The van der Waals surface area contributed by atoms with Crippen molar-refractivity contribution >= 4 is 0 Å². The number of quaternary nitrogens is 1. The van der Waals surface area contributed by atoms with E-state index in [1.807, 2.05) is 0 Å². The second-order valence-electron chi connectivity index (χ2n) is 2.61. The monoisotopic (exact) mass is 171 g/mol. The summed E-state index contributed by atoms with van der Waals surface area (Å²) in [6.07, 6.45) is 0.637. The molecule has 3 heteroatoms. The Morgan fingerprint density at radius 3 is 2.25 bits per heavy atom. The highest BCUT2D eigenvalue weighted by atomic mass is 19.1. The van der Waals surface area contributed by atoms with Gasteiger partial charge in [0.15, 0.2) is 0 Å². The van der Waals surface area contributed by atoms with E-state index in [0.717, 1.165) is 12.6 Å². The summed E-state index contributed by atoms with van der Waals surface area (Å²) >= 11 is 0. The number of nitrogens with two attached hydrogens (primary N) is 1. The van der Waals surface area contributed by atoms with Gasteiger partial charge in [-0.15, -0.1) is 0 Å². The summed E-state index contributed by atoms with van der Waals surface area (Å²) < 4.78 is 25.2. The lowest BCUT2D eigenvalue weighted by Crippen LogP contribution is -2.77. The van der Waals surface area contributed by atoms with Crippen molar-refractivity contribution in [2.75, 3.05) is 6.54 Å². The van der Waals surface area contributed by atoms with Crippen LogP contribution in [0.25, 0.3) is 0 Å². The molecule has 0 radical (unpaired) electrons. The zero-order valence-electron chi connectivity index (χ0n) is 6.69. The smallest absolute Gasteiger partial charge is 0.126 e. The standard InChI is InChI=1S/C9H11F2N/c1-12-3-2-7-4-8(10)6-9(11)5-7/h4-6H,1-3,12H2. The molecule has 0 atom stereocenters. The zero-order chi connectivity index (χ0) is 8.97. The van der Waals surface area contributed by atoms with E-state index in [-0.39, 0.29) is 0 Å². The van der Waals surface area contributed by atoms with Crippen molar-refractivity contribution in [3.63, 3.8) is 0 Å². The molecule has 0 fully saturated rings. The Kier molecular flexibility index (Phi) is 3.17.